The fourth-order valence-corrected chi connectivity index (χ4v) is 2.45. The van der Waals surface area contributed by atoms with E-state index in [2.05, 4.69) is 26.6 Å². The molecule has 0 aliphatic carbocycles. The Morgan fingerprint density at radius 2 is 1.90 bits per heavy atom. The van der Waals surface area contributed by atoms with Crippen molar-refractivity contribution in [3.8, 4) is 0 Å². The number of amides is 2. The zero-order valence-corrected chi connectivity index (χ0v) is 14.5. The molecule has 0 heterocycles. The molecule has 0 saturated carbocycles. The third kappa shape index (κ3) is 5.37. The molecule has 0 aliphatic heterocycles. The normalized spacial score (nSPS) is 12.1. The largest absolute Gasteiger partial charge is 0.480 e. The van der Waals surface area contributed by atoms with E-state index >= 15 is 0 Å². The van der Waals surface area contributed by atoms with Crippen molar-refractivity contribution >= 4 is 56.8 Å². The lowest BCUT2D eigenvalue weighted by Gasteiger charge is -2.17. The second kappa shape index (κ2) is 7.87. The van der Waals surface area contributed by atoms with Crippen molar-refractivity contribution in [3.63, 3.8) is 0 Å². The fraction of sp³-hybridized carbons (Fsp3) is 0.385. The SMILES string of the molecule is CC(C)C[C@@H](NC(=O)Nc1ccc(Br)c(Cl)c1Cl)C(=O)O. The molecule has 0 aliphatic rings. The van der Waals surface area contributed by atoms with Crippen molar-refractivity contribution < 1.29 is 14.7 Å². The van der Waals surface area contributed by atoms with Gasteiger partial charge in [-0.25, -0.2) is 9.59 Å². The molecular formula is C13H15BrCl2N2O3. The molecule has 1 rings (SSSR count). The maximum absolute atomic E-state index is 11.9. The predicted molar refractivity (Wildman–Crippen MR) is 87.2 cm³/mol. The fourth-order valence-electron chi connectivity index (χ4n) is 1.63. The third-order valence-corrected chi connectivity index (χ3v) is 4.36. The molecule has 1 atom stereocenters. The third-order valence-electron chi connectivity index (χ3n) is 2.59. The summed E-state index contributed by atoms with van der Waals surface area (Å²) < 4.78 is 0.600. The minimum Gasteiger partial charge on any atom is -0.480 e. The van der Waals surface area contributed by atoms with Crippen LogP contribution in [0.25, 0.3) is 0 Å². The summed E-state index contributed by atoms with van der Waals surface area (Å²) in [6.07, 6.45) is 0.331. The average molecular weight is 398 g/mol. The number of rotatable bonds is 5. The molecule has 5 nitrogen and oxygen atoms in total. The highest BCUT2D eigenvalue weighted by Gasteiger charge is 2.21. The number of anilines is 1. The van der Waals surface area contributed by atoms with Gasteiger partial charge in [0, 0.05) is 4.47 Å². The van der Waals surface area contributed by atoms with Gasteiger partial charge >= 0.3 is 12.0 Å². The first-order chi connectivity index (χ1) is 9.72. The van der Waals surface area contributed by atoms with E-state index in [0.29, 0.717) is 16.6 Å². The van der Waals surface area contributed by atoms with Gasteiger partial charge in [0.2, 0.25) is 0 Å². The van der Waals surface area contributed by atoms with Crippen LogP contribution in [0.3, 0.4) is 0 Å². The second-order valence-corrected chi connectivity index (χ2v) is 6.45. The van der Waals surface area contributed by atoms with Crippen LogP contribution in [0.1, 0.15) is 20.3 Å². The van der Waals surface area contributed by atoms with E-state index in [-0.39, 0.29) is 16.0 Å². The molecular weight excluding hydrogens is 383 g/mol. The topological polar surface area (TPSA) is 78.4 Å². The van der Waals surface area contributed by atoms with E-state index in [1.807, 2.05) is 13.8 Å². The highest BCUT2D eigenvalue weighted by atomic mass is 79.9. The lowest BCUT2D eigenvalue weighted by molar-refractivity contribution is -0.139. The number of benzene rings is 1. The van der Waals surface area contributed by atoms with Crippen molar-refractivity contribution in [3.05, 3.63) is 26.7 Å². The first kappa shape index (κ1) is 18.1. The summed E-state index contributed by atoms with van der Waals surface area (Å²) in [6.45, 7) is 3.75. The van der Waals surface area contributed by atoms with Gasteiger partial charge in [-0.1, -0.05) is 37.0 Å². The van der Waals surface area contributed by atoms with E-state index in [4.69, 9.17) is 28.3 Å². The Hall–Kier alpha value is -0.980. The van der Waals surface area contributed by atoms with Crippen molar-refractivity contribution in [1.29, 1.82) is 0 Å². The molecule has 0 radical (unpaired) electrons. The van der Waals surface area contributed by atoms with Crippen molar-refractivity contribution in [2.24, 2.45) is 5.92 Å². The summed E-state index contributed by atoms with van der Waals surface area (Å²) in [4.78, 5) is 23.0. The van der Waals surface area contributed by atoms with Gasteiger partial charge in [-0.3, -0.25) is 0 Å². The van der Waals surface area contributed by atoms with Crippen molar-refractivity contribution in [1.82, 2.24) is 5.32 Å². The highest BCUT2D eigenvalue weighted by molar-refractivity contribution is 9.10. The Kier molecular flexibility index (Phi) is 6.77. The molecule has 0 unspecified atom stereocenters. The van der Waals surface area contributed by atoms with Crippen LogP contribution in [0.15, 0.2) is 16.6 Å². The molecule has 0 spiro atoms. The summed E-state index contributed by atoms with van der Waals surface area (Å²) in [5, 5.41) is 14.4. The van der Waals surface area contributed by atoms with Crippen LogP contribution in [0, 0.1) is 5.92 Å². The number of carboxylic acid groups (broad SMARTS) is 1. The molecule has 0 aromatic heterocycles. The molecule has 0 bridgehead atoms. The number of hydrogen-bond acceptors (Lipinski definition) is 2. The van der Waals surface area contributed by atoms with E-state index in [1.165, 1.54) is 0 Å². The number of aliphatic carboxylic acids is 1. The van der Waals surface area contributed by atoms with E-state index in [9.17, 15) is 9.59 Å². The van der Waals surface area contributed by atoms with Crippen LogP contribution in [-0.2, 0) is 4.79 Å². The smallest absolute Gasteiger partial charge is 0.326 e. The molecule has 8 heteroatoms. The lowest BCUT2D eigenvalue weighted by atomic mass is 10.0. The Bertz CT molecular complexity index is 552. The van der Waals surface area contributed by atoms with Crippen LogP contribution < -0.4 is 10.6 Å². The molecule has 1 aromatic rings. The maximum Gasteiger partial charge on any atom is 0.326 e. The number of halogens is 3. The quantitative estimate of drug-likeness (QED) is 0.645. The summed E-state index contributed by atoms with van der Waals surface area (Å²) in [5.74, 6) is -0.948. The molecule has 2 amide bonds. The summed E-state index contributed by atoms with van der Waals surface area (Å²) >= 11 is 15.2. The molecule has 21 heavy (non-hydrogen) atoms. The molecule has 116 valence electrons. The van der Waals surface area contributed by atoms with Gasteiger partial charge in [-0.2, -0.15) is 0 Å². The number of nitrogens with one attached hydrogen (secondary N) is 2. The van der Waals surface area contributed by atoms with E-state index in [1.54, 1.807) is 12.1 Å². The zero-order chi connectivity index (χ0) is 16.2. The maximum atomic E-state index is 11.9. The predicted octanol–water partition coefficient (Wildman–Crippen LogP) is 4.38. The van der Waals surface area contributed by atoms with E-state index < -0.39 is 18.0 Å². The molecule has 1 aromatic carbocycles. The Labute approximate surface area is 141 Å². The first-order valence-corrected chi connectivity index (χ1v) is 7.71. The minimum absolute atomic E-state index is 0.136. The number of hydrogen-bond donors (Lipinski definition) is 3. The summed E-state index contributed by atoms with van der Waals surface area (Å²) in [7, 11) is 0. The van der Waals surface area contributed by atoms with Gasteiger partial charge in [0.15, 0.2) is 0 Å². The van der Waals surface area contributed by atoms with Crippen molar-refractivity contribution in [2.45, 2.75) is 26.3 Å². The minimum atomic E-state index is -1.08. The molecule has 0 fully saturated rings. The number of carboxylic acids is 1. The van der Waals surface area contributed by atoms with Crippen LogP contribution in [0.5, 0.6) is 0 Å². The Morgan fingerprint density at radius 3 is 2.43 bits per heavy atom. The van der Waals surface area contributed by atoms with Crippen LogP contribution in [0.2, 0.25) is 10.0 Å². The van der Waals surface area contributed by atoms with Gasteiger partial charge in [0.05, 0.1) is 15.7 Å². The standard InChI is InChI=1S/C13H15BrCl2N2O3/c1-6(2)5-9(12(19)20)18-13(21)17-8-4-3-7(14)10(15)11(8)16/h3-4,6,9H,5H2,1-2H3,(H,19,20)(H2,17,18,21)/t9-/m1/s1. The summed E-state index contributed by atoms with van der Waals surface area (Å²) in [6, 6.07) is 1.58. The first-order valence-electron chi connectivity index (χ1n) is 6.16. The monoisotopic (exact) mass is 396 g/mol. The number of carbonyl (C=O) groups is 2. The van der Waals surface area contributed by atoms with Crippen LogP contribution >= 0.6 is 39.1 Å². The zero-order valence-electron chi connectivity index (χ0n) is 11.4. The number of carbonyl (C=O) groups excluding carboxylic acids is 1. The Morgan fingerprint density at radius 1 is 1.29 bits per heavy atom. The van der Waals surface area contributed by atoms with Crippen LogP contribution in [-0.4, -0.2) is 23.1 Å². The van der Waals surface area contributed by atoms with Gasteiger partial charge < -0.3 is 15.7 Å². The van der Waals surface area contributed by atoms with Crippen LogP contribution in [0.4, 0.5) is 10.5 Å². The second-order valence-electron chi connectivity index (χ2n) is 4.84. The van der Waals surface area contributed by atoms with E-state index in [0.717, 1.165) is 0 Å². The highest BCUT2D eigenvalue weighted by Crippen LogP contribution is 2.35. The Balaban J connectivity index is 2.77. The van der Waals surface area contributed by atoms with Gasteiger partial charge in [0.1, 0.15) is 6.04 Å². The van der Waals surface area contributed by atoms with Crippen molar-refractivity contribution in [2.75, 3.05) is 5.32 Å². The number of urea groups is 1. The molecule has 0 saturated heterocycles. The summed E-state index contributed by atoms with van der Waals surface area (Å²) in [5.41, 5.74) is 0.302. The van der Waals surface area contributed by atoms with Gasteiger partial charge in [-0.05, 0) is 40.4 Å². The molecule has 3 N–H and O–H groups in total. The lowest BCUT2D eigenvalue weighted by Crippen LogP contribution is -2.43. The average Bonchev–Trinajstić information content (AvgIpc) is 2.38. The van der Waals surface area contributed by atoms with Gasteiger partial charge in [-0.15, -0.1) is 0 Å². The van der Waals surface area contributed by atoms with Gasteiger partial charge in [0.25, 0.3) is 0 Å².